The normalized spacial score (nSPS) is 16.6. The molecule has 190 valence electrons. The third-order valence-electron chi connectivity index (χ3n) is 6.51. The van der Waals surface area contributed by atoms with Gasteiger partial charge in [-0.05, 0) is 71.6 Å². The van der Waals surface area contributed by atoms with Crippen LogP contribution in [0, 0.1) is 12.7 Å². The number of likely N-dealkylation sites (tertiary alicyclic amines) is 1. The molecule has 38 heavy (non-hydrogen) atoms. The van der Waals surface area contributed by atoms with Gasteiger partial charge in [0.05, 0.1) is 11.6 Å². The van der Waals surface area contributed by atoms with E-state index in [1.807, 2.05) is 37.3 Å². The monoisotopic (exact) mass is 508 g/mol. The smallest absolute Gasteiger partial charge is 0.295 e. The first-order valence-corrected chi connectivity index (χ1v) is 12.1. The minimum absolute atomic E-state index is 0.0481. The Morgan fingerprint density at radius 3 is 2.34 bits per heavy atom. The van der Waals surface area contributed by atoms with E-state index in [1.165, 1.54) is 29.2 Å². The van der Waals surface area contributed by atoms with E-state index in [-0.39, 0.29) is 17.9 Å². The van der Waals surface area contributed by atoms with Gasteiger partial charge in [0.2, 0.25) is 0 Å². The van der Waals surface area contributed by atoms with Crippen molar-refractivity contribution in [2.45, 2.75) is 26.1 Å². The Morgan fingerprint density at radius 1 is 0.947 bits per heavy atom. The molecule has 2 heterocycles. The fourth-order valence-corrected chi connectivity index (χ4v) is 4.57. The number of hydrogen-bond acceptors (Lipinski definition) is 5. The molecule has 0 spiro atoms. The summed E-state index contributed by atoms with van der Waals surface area (Å²) < 4.78 is 19.7. The highest BCUT2D eigenvalue weighted by Gasteiger charge is 2.46. The highest BCUT2D eigenvalue weighted by molar-refractivity contribution is 6.46. The first-order valence-electron chi connectivity index (χ1n) is 12.1. The molecule has 5 rings (SSSR count). The number of ether oxygens (including phenoxy) is 1. The van der Waals surface area contributed by atoms with E-state index in [9.17, 15) is 19.1 Å². The number of aliphatic hydroxyl groups is 1. The van der Waals surface area contributed by atoms with E-state index in [4.69, 9.17) is 4.74 Å². The topological polar surface area (TPSA) is 79.7 Å². The maximum atomic E-state index is 13.7. The molecular weight excluding hydrogens is 483 g/mol. The van der Waals surface area contributed by atoms with Gasteiger partial charge in [-0.25, -0.2) is 4.39 Å². The molecule has 0 aliphatic carbocycles. The molecular formula is C31H25FN2O4. The maximum Gasteiger partial charge on any atom is 0.295 e. The molecule has 1 aromatic heterocycles. The highest BCUT2D eigenvalue weighted by atomic mass is 19.1. The lowest BCUT2D eigenvalue weighted by Crippen LogP contribution is -2.29. The maximum absolute atomic E-state index is 13.7. The predicted molar refractivity (Wildman–Crippen MR) is 140 cm³/mol. The Morgan fingerprint density at radius 2 is 1.66 bits per heavy atom. The van der Waals surface area contributed by atoms with Crippen molar-refractivity contribution in [2.24, 2.45) is 0 Å². The van der Waals surface area contributed by atoms with E-state index in [0.29, 0.717) is 23.5 Å². The largest absolute Gasteiger partial charge is 0.507 e. The van der Waals surface area contributed by atoms with Gasteiger partial charge in [0.1, 0.15) is 23.9 Å². The zero-order valence-electron chi connectivity index (χ0n) is 20.7. The number of aliphatic hydroxyl groups excluding tert-OH is 1. The number of aryl methyl sites for hydroxylation is 1. The van der Waals surface area contributed by atoms with Crippen molar-refractivity contribution >= 4 is 17.4 Å². The zero-order valence-corrected chi connectivity index (χ0v) is 20.7. The van der Waals surface area contributed by atoms with Crippen molar-refractivity contribution in [1.82, 2.24) is 9.88 Å². The molecule has 3 aromatic carbocycles. The van der Waals surface area contributed by atoms with Crippen molar-refractivity contribution in [2.75, 3.05) is 0 Å². The Kier molecular flexibility index (Phi) is 7.00. The van der Waals surface area contributed by atoms with Crippen LogP contribution >= 0.6 is 0 Å². The van der Waals surface area contributed by atoms with Crippen LogP contribution in [0.1, 0.15) is 33.9 Å². The van der Waals surface area contributed by atoms with Crippen LogP contribution < -0.4 is 4.74 Å². The Hall–Kier alpha value is -4.78. The highest BCUT2D eigenvalue weighted by Crippen LogP contribution is 2.40. The van der Waals surface area contributed by atoms with Gasteiger partial charge < -0.3 is 14.7 Å². The summed E-state index contributed by atoms with van der Waals surface area (Å²) in [6.07, 6.45) is 3.20. The molecule has 1 aliphatic rings. The van der Waals surface area contributed by atoms with Crippen molar-refractivity contribution < 1.29 is 23.8 Å². The number of pyridine rings is 1. The number of carbonyl (C=O) groups is 2. The van der Waals surface area contributed by atoms with Crippen LogP contribution in [-0.2, 0) is 22.7 Å². The van der Waals surface area contributed by atoms with Gasteiger partial charge in [0, 0.05) is 24.5 Å². The Labute approximate surface area is 219 Å². The number of ketones is 1. The summed E-state index contributed by atoms with van der Waals surface area (Å²) in [4.78, 5) is 31.8. The molecule has 4 aromatic rings. The lowest BCUT2D eigenvalue weighted by molar-refractivity contribution is -0.140. The molecule has 1 aliphatic heterocycles. The van der Waals surface area contributed by atoms with E-state index in [2.05, 4.69) is 4.98 Å². The van der Waals surface area contributed by atoms with E-state index in [1.54, 1.807) is 42.7 Å². The molecule has 6 nitrogen and oxygen atoms in total. The van der Waals surface area contributed by atoms with Gasteiger partial charge in [-0.3, -0.25) is 14.6 Å². The van der Waals surface area contributed by atoms with Crippen molar-refractivity contribution in [1.29, 1.82) is 0 Å². The summed E-state index contributed by atoms with van der Waals surface area (Å²) in [5.74, 6) is -1.64. The third-order valence-corrected chi connectivity index (χ3v) is 6.51. The molecule has 1 saturated heterocycles. The second-order valence-electron chi connectivity index (χ2n) is 9.09. The van der Waals surface area contributed by atoms with Crippen molar-refractivity contribution in [3.8, 4) is 5.75 Å². The third kappa shape index (κ3) is 5.04. The average molecular weight is 509 g/mol. The van der Waals surface area contributed by atoms with Crippen LogP contribution in [0.2, 0.25) is 0 Å². The fraction of sp³-hybridized carbons (Fsp3) is 0.129. The fourth-order valence-electron chi connectivity index (χ4n) is 4.57. The number of benzene rings is 3. The Balaban J connectivity index is 1.51. The number of nitrogens with zero attached hydrogens (tertiary/aromatic N) is 2. The van der Waals surface area contributed by atoms with Crippen LogP contribution in [0.25, 0.3) is 5.76 Å². The molecule has 1 atom stereocenters. The number of amides is 1. The van der Waals surface area contributed by atoms with Crippen LogP contribution in [0.3, 0.4) is 0 Å². The summed E-state index contributed by atoms with van der Waals surface area (Å²) in [5.41, 5.74) is 3.39. The Bertz CT molecular complexity index is 1500. The SMILES string of the molecule is Cc1cc(/C(O)=C2/C(=O)C(=O)N(Cc3ccncc3)C2c2ccc(F)cc2)ccc1OCc1ccccc1. The lowest BCUT2D eigenvalue weighted by Gasteiger charge is -2.25. The van der Waals surface area contributed by atoms with Gasteiger partial charge in [-0.2, -0.15) is 0 Å². The molecule has 0 saturated carbocycles. The summed E-state index contributed by atoms with van der Waals surface area (Å²) in [6, 6.07) is 23.0. The van der Waals surface area contributed by atoms with E-state index in [0.717, 1.165) is 16.7 Å². The quantitative estimate of drug-likeness (QED) is 0.196. The minimum Gasteiger partial charge on any atom is -0.507 e. The van der Waals surface area contributed by atoms with E-state index < -0.39 is 23.5 Å². The second kappa shape index (κ2) is 10.7. The van der Waals surface area contributed by atoms with E-state index >= 15 is 0 Å². The summed E-state index contributed by atoms with van der Waals surface area (Å²) in [7, 11) is 0. The summed E-state index contributed by atoms with van der Waals surface area (Å²) >= 11 is 0. The first kappa shape index (κ1) is 24.9. The summed E-state index contributed by atoms with van der Waals surface area (Å²) in [5, 5.41) is 11.4. The molecule has 1 amide bonds. The molecule has 1 fully saturated rings. The van der Waals surface area contributed by atoms with Gasteiger partial charge in [0.15, 0.2) is 0 Å². The molecule has 0 radical (unpaired) electrons. The van der Waals surface area contributed by atoms with Gasteiger partial charge in [-0.1, -0.05) is 42.5 Å². The zero-order chi connectivity index (χ0) is 26.6. The van der Waals surface area contributed by atoms with Gasteiger partial charge >= 0.3 is 0 Å². The molecule has 7 heteroatoms. The number of hydrogen-bond donors (Lipinski definition) is 1. The number of carbonyl (C=O) groups excluding carboxylic acids is 2. The number of Topliss-reactive ketones (excluding diaryl/α,β-unsaturated/α-hetero) is 1. The molecule has 0 bridgehead atoms. The standard InChI is InChI=1S/C31H25FN2O4/c1-20-17-24(9-12-26(20)38-19-22-5-3-2-4-6-22)29(35)27-28(23-7-10-25(32)11-8-23)34(31(37)30(27)36)18-21-13-15-33-16-14-21/h2-17,28,35H,18-19H2,1H3/b29-27-. The van der Waals surface area contributed by atoms with Crippen LogP contribution in [0.5, 0.6) is 5.75 Å². The molecule has 1 N–H and O–H groups in total. The number of halogens is 1. The van der Waals surface area contributed by atoms with Gasteiger partial charge in [0.25, 0.3) is 11.7 Å². The number of aromatic nitrogens is 1. The lowest BCUT2D eigenvalue weighted by atomic mass is 9.94. The second-order valence-corrected chi connectivity index (χ2v) is 9.09. The first-order chi connectivity index (χ1) is 18.4. The predicted octanol–water partition coefficient (Wildman–Crippen LogP) is 5.73. The van der Waals surface area contributed by atoms with Crippen molar-refractivity contribution in [3.05, 3.63) is 137 Å². The van der Waals surface area contributed by atoms with Crippen LogP contribution in [-0.4, -0.2) is 26.7 Å². The van der Waals surface area contributed by atoms with Crippen LogP contribution in [0.15, 0.2) is 103 Å². The summed E-state index contributed by atoms with van der Waals surface area (Å²) in [6.45, 7) is 2.35. The average Bonchev–Trinajstić information content (AvgIpc) is 3.18. The number of rotatable bonds is 7. The van der Waals surface area contributed by atoms with Crippen molar-refractivity contribution in [3.63, 3.8) is 0 Å². The molecule has 1 unspecified atom stereocenters. The van der Waals surface area contributed by atoms with Gasteiger partial charge in [-0.15, -0.1) is 0 Å². The minimum atomic E-state index is -0.891. The van der Waals surface area contributed by atoms with Crippen LogP contribution in [0.4, 0.5) is 4.39 Å².